The van der Waals surface area contributed by atoms with Crippen LogP contribution >= 0.6 is 0 Å². The van der Waals surface area contributed by atoms with Gasteiger partial charge in [0.25, 0.3) is 0 Å². The molecule has 0 radical (unpaired) electrons. The van der Waals surface area contributed by atoms with E-state index in [1.165, 1.54) is 4.90 Å². The number of aliphatic carboxylic acids is 1. The predicted octanol–water partition coefficient (Wildman–Crippen LogP) is 1.86. The number of rotatable bonds is 7. The van der Waals surface area contributed by atoms with Crippen LogP contribution in [0.1, 0.15) is 12.0 Å². The Morgan fingerprint density at radius 2 is 1.86 bits per heavy atom. The largest absolute Gasteiger partial charge is 0.497 e. The minimum atomic E-state index is -1.10. The van der Waals surface area contributed by atoms with Crippen molar-refractivity contribution >= 4 is 23.5 Å². The van der Waals surface area contributed by atoms with Gasteiger partial charge in [0.05, 0.1) is 13.0 Å². The van der Waals surface area contributed by atoms with Crippen molar-refractivity contribution in [3.05, 3.63) is 60.2 Å². The number of nitrogens with zero attached hydrogens (tertiary/aromatic N) is 1. The summed E-state index contributed by atoms with van der Waals surface area (Å²) >= 11 is 0. The molecule has 2 N–H and O–H groups in total. The van der Waals surface area contributed by atoms with Crippen LogP contribution in [0, 0.1) is 5.92 Å². The van der Waals surface area contributed by atoms with Gasteiger partial charge in [0.1, 0.15) is 11.8 Å². The quantitative estimate of drug-likeness (QED) is 0.762. The number of benzene rings is 2. The van der Waals surface area contributed by atoms with E-state index in [9.17, 15) is 19.5 Å². The summed E-state index contributed by atoms with van der Waals surface area (Å²) in [7, 11) is 1.56. The highest BCUT2D eigenvalue weighted by molar-refractivity contribution is 6.00. The molecule has 7 nitrogen and oxygen atoms in total. The molecular formula is C21H22N2O5. The molecule has 2 amide bonds. The molecule has 0 spiro atoms. The molecule has 0 bridgehead atoms. The summed E-state index contributed by atoms with van der Waals surface area (Å²) in [6, 6.07) is 15.1. The van der Waals surface area contributed by atoms with Gasteiger partial charge in [-0.3, -0.25) is 9.59 Å². The molecule has 2 unspecified atom stereocenters. The molecule has 2 aromatic rings. The number of amides is 2. The molecular weight excluding hydrogens is 360 g/mol. The maximum Gasteiger partial charge on any atom is 0.326 e. The molecule has 1 fully saturated rings. The summed E-state index contributed by atoms with van der Waals surface area (Å²) in [6.07, 6.45) is 0.236. The zero-order chi connectivity index (χ0) is 20.1. The Labute approximate surface area is 162 Å². The lowest BCUT2D eigenvalue weighted by atomic mass is 10.0. The highest BCUT2D eigenvalue weighted by atomic mass is 16.5. The average Bonchev–Trinajstić information content (AvgIpc) is 3.10. The zero-order valence-electron chi connectivity index (χ0n) is 15.5. The monoisotopic (exact) mass is 382 g/mol. The predicted molar refractivity (Wildman–Crippen MR) is 103 cm³/mol. The van der Waals surface area contributed by atoms with Crippen LogP contribution in [0.2, 0.25) is 0 Å². The van der Waals surface area contributed by atoms with E-state index < -0.39 is 23.8 Å². The van der Waals surface area contributed by atoms with Crippen molar-refractivity contribution in [3.8, 4) is 5.75 Å². The number of carboxylic acids is 1. The zero-order valence-corrected chi connectivity index (χ0v) is 15.5. The lowest BCUT2D eigenvalue weighted by Crippen LogP contribution is -2.45. The van der Waals surface area contributed by atoms with Crippen LogP contribution in [0.4, 0.5) is 5.69 Å². The molecule has 0 aliphatic carbocycles. The first-order chi connectivity index (χ1) is 13.5. The number of carbonyl (C=O) groups excluding carboxylic acids is 2. The van der Waals surface area contributed by atoms with Gasteiger partial charge in [0, 0.05) is 25.1 Å². The number of methoxy groups -OCH3 is 1. The lowest BCUT2D eigenvalue weighted by molar-refractivity contribution is -0.142. The molecule has 2 aromatic carbocycles. The fraction of sp³-hybridized carbons (Fsp3) is 0.286. The summed E-state index contributed by atoms with van der Waals surface area (Å²) in [5.74, 6) is -1.61. The van der Waals surface area contributed by atoms with Crippen LogP contribution in [0.5, 0.6) is 5.75 Å². The summed E-state index contributed by atoms with van der Waals surface area (Å²) in [5, 5.41) is 12.0. The van der Waals surface area contributed by atoms with E-state index in [0.29, 0.717) is 11.4 Å². The van der Waals surface area contributed by atoms with E-state index in [-0.39, 0.29) is 25.3 Å². The van der Waals surface area contributed by atoms with Gasteiger partial charge in [-0.1, -0.05) is 30.3 Å². The summed E-state index contributed by atoms with van der Waals surface area (Å²) < 4.78 is 5.11. The Morgan fingerprint density at radius 3 is 2.46 bits per heavy atom. The Kier molecular flexibility index (Phi) is 5.93. The van der Waals surface area contributed by atoms with E-state index in [1.807, 2.05) is 30.3 Å². The maximum atomic E-state index is 12.6. The maximum absolute atomic E-state index is 12.6. The summed E-state index contributed by atoms with van der Waals surface area (Å²) in [6.45, 7) is 0.217. The first-order valence-electron chi connectivity index (χ1n) is 8.99. The number of carboxylic acid groups (broad SMARTS) is 1. The number of hydrogen-bond donors (Lipinski definition) is 2. The van der Waals surface area contributed by atoms with Gasteiger partial charge in [-0.05, 0) is 29.8 Å². The average molecular weight is 382 g/mol. The van der Waals surface area contributed by atoms with Crippen molar-refractivity contribution in [3.63, 3.8) is 0 Å². The molecule has 146 valence electrons. The number of ether oxygens (including phenoxy) is 1. The van der Waals surface area contributed by atoms with Crippen LogP contribution < -0.4 is 15.0 Å². The van der Waals surface area contributed by atoms with Crippen molar-refractivity contribution in [2.45, 2.75) is 18.9 Å². The third-order valence-corrected chi connectivity index (χ3v) is 4.78. The minimum Gasteiger partial charge on any atom is -0.497 e. The van der Waals surface area contributed by atoms with Crippen molar-refractivity contribution in [2.75, 3.05) is 18.6 Å². The number of anilines is 1. The number of hydrogen-bond acceptors (Lipinski definition) is 4. The highest BCUT2D eigenvalue weighted by Crippen LogP contribution is 2.27. The fourth-order valence-corrected chi connectivity index (χ4v) is 3.23. The van der Waals surface area contributed by atoms with E-state index >= 15 is 0 Å². The Balaban J connectivity index is 1.64. The summed E-state index contributed by atoms with van der Waals surface area (Å²) in [5.41, 5.74) is 1.50. The van der Waals surface area contributed by atoms with Gasteiger partial charge < -0.3 is 20.1 Å². The second-order valence-electron chi connectivity index (χ2n) is 6.69. The van der Waals surface area contributed by atoms with Crippen molar-refractivity contribution in [1.29, 1.82) is 0 Å². The molecule has 1 aliphatic rings. The normalized spacial score (nSPS) is 17.2. The molecule has 0 saturated carbocycles. The lowest BCUT2D eigenvalue weighted by Gasteiger charge is -2.19. The number of carbonyl (C=O) groups is 3. The molecule has 1 aliphatic heterocycles. The first kappa shape index (κ1) is 19.4. The number of nitrogens with one attached hydrogen (secondary N) is 1. The van der Waals surface area contributed by atoms with Crippen LogP contribution in [-0.4, -0.2) is 42.6 Å². The third kappa shape index (κ3) is 4.49. The van der Waals surface area contributed by atoms with Crippen LogP contribution in [0.25, 0.3) is 0 Å². The van der Waals surface area contributed by atoms with Gasteiger partial charge in [-0.25, -0.2) is 4.79 Å². The van der Waals surface area contributed by atoms with Gasteiger partial charge in [-0.2, -0.15) is 0 Å². The third-order valence-electron chi connectivity index (χ3n) is 4.78. The van der Waals surface area contributed by atoms with Gasteiger partial charge >= 0.3 is 5.97 Å². The van der Waals surface area contributed by atoms with E-state index in [0.717, 1.165) is 5.56 Å². The highest BCUT2D eigenvalue weighted by Gasteiger charge is 2.36. The van der Waals surface area contributed by atoms with Crippen molar-refractivity contribution in [2.24, 2.45) is 5.92 Å². The minimum absolute atomic E-state index is 0.0511. The van der Waals surface area contributed by atoms with Gasteiger partial charge in [0.2, 0.25) is 11.8 Å². The van der Waals surface area contributed by atoms with E-state index in [2.05, 4.69) is 5.32 Å². The van der Waals surface area contributed by atoms with E-state index in [1.54, 1.807) is 31.4 Å². The van der Waals surface area contributed by atoms with Crippen LogP contribution in [-0.2, 0) is 20.8 Å². The second-order valence-corrected chi connectivity index (χ2v) is 6.69. The first-order valence-corrected chi connectivity index (χ1v) is 8.99. The molecule has 28 heavy (non-hydrogen) atoms. The molecule has 3 rings (SSSR count). The summed E-state index contributed by atoms with van der Waals surface area (Å²) in [4.78, 5) is 38.1. The van der Waals surface area contributed by atoms with Crippen molar-refractivity contribution in [1.82, 2.24) is 5.32 Å². The Morgan fingerprint density at radius 1 is 1.18 bits per heavy atom. The van der Waals surface area contributed by atoms with E-state index in [4.69, 9.17) is 4.74 Å². The molecule has 1 heterocycles. The second kappa shape index (κ2) is 8.56. The SMILES string of the molecule is COc1ccc(N2CC(C(=O)NC(Cc3ccccc3)C(=O)O)CC2=O)cc1. The van der Waals surface area contributed by atoms with Crippen LogP contribution in [0.15, 0.2) is 54.6 Å². The Bertz CT molecular complexity index is 851. The smallest absolute Gasteiger partial charge is 0.326 e. The van der Waals surface area contributed by atoms with Gasteiger partial charge in [0.15, 0.2) is 0 Å². The molecule has 7 heteroatoms. The van der Waals surface area contributed by atoms with Crippen LogP contribution in [0.3, 0.4) is 0 Å². The topological polar surface area (TPSA) is 95.9 Å². The Hall–Kier alpha value is -3.35. The van der Waals surface area contributed by atoms with Crippen molar-refractivity contribution < 1.29 is 24.2 Å². The molecule has 1 saturated heterocycles. The molecule has 2 atom stereocenters. The molecule has 0 aromatic heterocycles. The standard InChI is InChI=1S/C21H22N2O5/c1-28-17-9-7-16(8-10-17)23-13-15(12-19(23)24)20(25)22-18(21(26)27)11-14-5-3-2-4-6-14/h2-10,15,18H,11-13H2,1H3,(H,22,25)(H,26,27). The van der Waals surface area contributed by atoms with Gasteiger partial charge in [-0.15, -0.1) is 0 Å². The fourth-order valence-electron chi connectivity index (χ4n) is 3.23.